The fraction of sp³-hybridized carbons (Fsp3) is 0.440. The third-order valence-electron chi connectivity index (χ3n) is 6.40. The Morgan fingerprint density at radius 2 is 2.05 bits per heavy atom. The number of carbonyl (C=O) groups is 5. The number of aliphatic carboxylic acids is 1. The average Bonchev–Trinajstić information content (AvgIpc) is 3.42. The Bertz CT molecular complexity index is 1420. The molecule has 0 spiro atoms. The van der Waals surface area contributed by atoms with Gasteiger partial charge in [-0.15, -0.1) is 16.9 Å². The lowest BCUT2D eigenvalue weighted by Gasteiger charge is -2.49. The number of hydrogen-bond acceptors (Lipinski definition) is 11. The highest BCUT2D eigenvalue weighted by molar-refractivity contribution is 8.01. The smallest absolute Gasteiger partial charge is 0.411 e. The summed E-state index contributed by atoms with van der Waals surface area (Å²) < 4.78 is 6.58. The van der Waals surface area contributed by atoms with Crippen molar-refractivity contribution in [3.63, 3.8) is 0 Å². The first kappa shape index (κ1) is 31.6. The molecule has 0 aliphatic carbocycles. The maximum Gasteiger partial charge on any atom is 0.411 e. The number of nitrogens with two attached hydrogens (primary N) is 1. The quantitative estimate of drug-likeness (QED) is 0.110. The summed E-state index contributed by atoms with van der Waals surface area (Å²) in [7, 11) is 0. The summed E-state index contributed by atoms with van der Waals surface area (Å²) in [6.07, 6.45) is 0.883. The van der Waals surface area contributed by atoms with Crippen LogP contribution in [0, 0.1) is 0 Å². The van der Waals surface area contributed by atoms with Crippen LogP contribution in [-0.2, 0) is 32.1 Å². The molecule has 43 heavy (non-hydrogen) atoms. The number of rotatable bonds is 14. The van der Waals surface area contributed by atoms with Crippen molar-refractivity contribution >= 4 is 59.1 Å². The number of hydrogen-bond donors (Lipinski definition) is 5. The number of benzene rings is 1. The molecule has 0 bridgehead atoms. The second-order valence-electron chi connectivity index (χ2n) is 9.43. The molecule has 3 heterocycles. The highest BCUT2D eigenvalue weighted by Gasteiger charge is 2.54. The molecule has 4 rings (SSSR count). The normalized spacial score (nSPS) is 17.5. The predicted octanol–water partition coefficient (Wildman–Crippen LogP) is 0.763. The summed E-state index contributed by atoms with van der Waals surface area (Å²) in [5, 5.41) is 29.0. The van der Waals surface area contributed by atoms with E-state index in [-0.39, 0.29) is 37.6 Å². The van der Waals surface area contributed by atoms with Gasteiger partial charge >= 0.3 is 18.1 Å². The van der Waals surface area contributed by atoms with E-state index < -0.39 is 41.3 Å². The Labute approximate surface area is 254 Å². The van der Waals surface area contributed by atoms with Crippen LogP contribution in [0.5, 0.6) is 0 Å². The summed E-state index contributed by atoms with van der Waals surface area (Å²) in [6, 6.07) is 5.20. The molecule has 2 aliphatic heterocycles. The fourth-order valence-electron chi connectivity index (χ4n) is 4.32. The van der Waals surface area contributed by atoms with E-state index in [9.17, 15) is 29.1 Å². The van der Waals surface area contributed by atoms with E-state index in [0.29, 0.717) is 27.7 Å². The lowest BCUT2D eigenvalue weighted by Crippen LogP contribution is -2.70. The Morgan fingerprint density at radius 1 is 1.26 bits per heavy atom. The van der Waals surface area contributed by atoms with Crippen LogP contribution in [0.25, 0.3) is 0 Å². The van der Waals surface area contributed by atoms with Crippen molar-refractivity contribution in [2.24, 2.45) is 5.73 Å². The van der Waals surface area contributed by atoms with Gasteiger partial charge in [0, 0.05) is 23.7 Å². The van der Waals surface area contributed by atoms with Gasteiger partial charge in [0.25, 0.3) is 5.91 Å². The van der Waals surface area contributed by atoms with Gasteiger partial charge in [0.2, 0.25) is 11.1 Å². The molecular weight excluding hydrogens is 602 g/mol. The van der Waals surface area contributed by atoms with Crippen molar-refractivity contribution in [3.8, 4) is 0 Å². The van der Waals surface area contributed by atoms with Gasteiger partial charge in [0.1, 0.15) is 17.1 Å². The van der Waals surface area contributed by atoms with E-state index in [4.69, 9.17) is 10.5 Å². The van der Waals surface area contributed by atoms with E-state index in [1.807, 2.05) is 6.92 Å². The number of anilines is 1. The van der Waals surface area contributed by atoms with Crippen molar-refractivity contribution in [2.45, 2.75) is 49.3 Å². The number of fused-ring (bicyclic) bond motifs is 1. The van der Waals surface area contributed by atoms with E-state index in [1.165, 1.54) is 33.1 Å². The Hall–Kier alpha value is -4.32. The van der Waals surface area contributed by atoms with Gasteiger partial charge in [-0.1, -0.05) is 43.3 Å². The number of carbonyl (C=O) groups excluding carboxylic acids is 4. The van der Waals surface area contributed by atoms with Crippen LogP contribution in [0.15, 0.2) is 40.7 Å². The molecule has 2 aromatic rings. The number of thioether (sulfide) groups is 2. The molecule has 0 saturated carbocycles. The number of nitrogens with one attached hydrogen (secondary N) is 3. The number of nitrogens with zero attached hydrogens (tertiary/aromatic N) is 5. The summed E-state index contributed by atoms with van der Waals surface area (Å²) in [5.41, 5.74) is 6.40. The van der Waals surface area contributed by atoms with Crippen LogP contribution in [0.2, 0.25) is 0 Å². The van der Waals surface area contributed by atoms with Crippen LogP contribution in [0.4, 0.5) is 15.3 Å². The number of tetrazole rings is 1. The number of carboxylic acids is 1. The number of primary amides is 1. The third kappa shape index (κ3) is 7.95. The van der Waals surface area contributed by atoms with Gasteiger partial charge in [-0.25, -0.2) is 19.1 Å². The molecule has 1 saturated heterocycles. The monoisotopic (exact) mass is 633 g/mol. The average molecular weight is 634 g/mol. The summed E-state index contributed by atoms with van der Waals surface area (Å²) >= 11 is 2.54. The van der Waals surface area contributed by atoms with Crippen LogP contribution in [0.1, 0.15) is 25.3 Å². The largest absolute Gasteiger partial charge is 0.477 e. The molecule has 1 aromatic heterocycles. The topological polar surface area (TPSA) is 224 Å². The van der Waals surface area contributed by atoms with Crippen molar-refractivity contribution < 1.29 is 33.8 Å². The molecule has 2 atom stereocenters. The second-order valence-corrected chi connectivity index (χ2v) is 11.5. The van der Waals surface area contributed by atoms with Gasteiger partial charge in [-0.05, 0) is 34.1 Å². The first-order valence-corrected chi connectivity index (χ1v) is 15.4. The molecule has 1 aromatic carbocycles. The second kappa shape index (κ2) is 14.7. The minimum atomic E-state index is -1.25. The van der Waals surface area contributed by atoms with Gasteiger partial charge in [0.15, 0.2) is 0 Å². The predicted molar refractivity (Wildman–Crippen MR) is 156 cm³/mol. The van der Waals surface area contributed by atoms with Crippen molar-refractivity contribution in [1.82, 2.24) is 35.7 Å². The number of ether oxygens (including phenoxy) is 1. The van der Waals surface area contributed by atoms with Gasteiger partial charge in [0.05, 0.1) is 19.6 Å². The Morgan fingerprint density at radius 3 is 2.79 bits per heavy atom. The van der Waals surface area contributed by atoms with Gasteiger partial charge < -0.3 is 26.2 Å². The minimum absolute atomic E-state index is 0.111. The molecule has 1 fully saturated rings. The summed E-state index contributed by atoms with van der Waals surface area (Å²) in [6.45, 7) is 2.73. The number of aromatic nitrogens is 4. The van der Waals surface area contributed by atoms with Crippen LogP contribution in [0.3, 0.4) is 0 Å². The van der Waals surface area contributed by atoms with E-state index in [1.54, 1.807) is 24.3 Å². The number of amides is 5. The third-order valence-corrected chi connectivity index (χ3v) is 8.78. The highest BCUT2D eigenvalue weighted by atomic mass is 32.2. The minimum Gasteiger partial charge on any atom is -0.477 e. The number of para-hydroxylation sites is 1. The number of unbranched alkanes of at least 4 members (excludes halogenated alkanes) is 1. The molecule has 1 unspecified atom stereocenters. The molecule has 5 amide bonds. The van der Waals surface area contributed by atoms with Crippen molar-refractivity contribution in [2.75, 3.05) is 30.0 Å². The van der Waals surface area contributed by atoms with Crippen molar-refractivity contribution in [3.05, 3.63) is 41.1 Å². The summed E-state index contributed by atoms with van der Waals surface area (Å²) in [4.78, 5) is 62.4. The molecule has 18 heteroatoms. The molecule has 6 N–H and O–H groups in total. The molecule has 0 radical (unpaired) electrons. The van der Waals surface area contributed by atoms with Crippen LogP contribution < -0.4 is 21.7 Å². The van der Waals surface area contributed by atoms with Gasteiger partial charge in [-0.3, -0.25) is 19.8 Å². The van der Waals surface area contributed by atoms with E-state index >= 15 is 0 Å². The number of β-lactam (4-membered cyclic amide) rings is 1. The lowest BCUT2D eigenvalue weighted by atomic mass is 10.0. The van der Waals surface area contributed by atoms with Crippen LogP contribution >= 0.6 is 23.5 Å². The first-order chi connectivity index (χ1) is 20.7. The maximum atomic E-state index is 13.1. The molecule has 16 nitrogen and oxygen atoms in total. The summed E-state index contributed by atoms with van der Waals surface area (Å²) in [5.74, 6) is -1.72. The Kier molecular flexibility index (Phi) is 10.8. The van der Waals surface area contributed by atoms with Gasteiger partial charge in [-0.2, -0.15) is 0 Å². The van der Waals surface area contributed by atoms with Crippen molar-refractivity contribution in [1.29, 1.82) is 0 Å². The first-order valence-electron chi connectivity index (χ1n) is 13.3. The SMILES string of the molecule is CCCCOC(=O)Nc1ccccc1CC(=O)NC1C(=O)N2C(C(=O)O)=C(CSc3nnnn3CCNC(N)=O)CS[C@H]12. The zero-order valence-corrected chi connectivity index (χ0v) is 24.8. The van der Waals surface area contributed by atoms with E-state index in [2.05, 4.69) is 31.5 Å². The van der Waals surface area contributed by atoms with E-state index in [0.717, 1.165) is 12.8 Å². The van der Waals surface area contributed by atoms with Crippen LogP contribution in [-0.4, -0.2) is 96.2 Å². The zero-order valence-electron chi connectivity index (χ0n) is 23.1. The number of urea groups is 1. The lowest BCUT2D eigenvalue weighted by molar-refractivity contribution is -0.150. The zero-order chi connectivity index (χ0) is 30.9. The molecular formula is C25H31N9O7S2. The molecule has 2 aliphatic rings. The molecule has 230 valence electrons. The fourth-order valence-corrected chi connectivity index (χ4v) is 6.71. The maximum absolute atomic E-state index is 13.1. The Balaban J connectivity index is 1.36. The number of carboxylic acid groups (broad SMARTS) is 1. The standard InChI is InChI=1S/C25H31N9O7S2/c1-2-3-10-41-25(40)28-16-7-5-4-6-14(16)11-17(35)29-18-20(36)34-19(22(37)38)15(12-42-21(18)34)13-43-24-30-31-32-33(24)9-8-27-23(26)39/h4-7,18,21H,2-3,8-13H2,1H3,(H,28,40)(H,29,35)(H,37,38)(H3,26,27,39)/t18?,21-/m1/s1. The highest BCUT2D eigenvalue weighted by Crippen LogP contribution is 2.41.